The number of hydrogen-bond acceptors (Lipinski definition) is 4. The monoisotopic (exact) mass is 326 g/mol. The van der Waals surface area contributed by atoms with Gasteiger partial charge in [0.2, 0.25) is 0 Å². The summed E-state index contributed by atoms with van der Waals surface area (Å²) in [5.74, 6) is 0. The number of rotatable bonds is 4. The molecule has 0 saturated heterocycles. The van der Waals surface area contributed by atoms with Crippen LogP contribution < -0.4 is 5.56 Å². The van der Waals surface area contributed by atoms with Crippen LogP contribution in [0.1, 0.15) is 18.1 Å². The van der Waals surface area contributed by atoms with Crippen molar-refractivity contribution in [3.8, 4) is 0 Å². The van der Waals surface area contributed by atoms with Crippen LogP contribution in [0, 0.1) is 0 Å². The lowest BCUT2D eigenvalue weighted by Crippen LogP contribution is -2.20. The van der Waals surface area contributed by atoms with Gasteiger partial charge in [-0.05, 0) is 24.1 Å². The van der Waals surface area contributed by atoms with Crippen LogP contribution in [0.15, 0.2) is 29.3 Å². The van der Waals surface area contributed by atoms with Gasteiger partial charge in [-0.1, -0.05) is 22.0 Å². The summed E-state index contributed by atoms with van der Waals surface area (Å²) in [7, 11) is 1.62. The SMILES string of the molecule is Cn1cnc2ccc(C(O)C(O)CCBr)cc2c1=O. The van der Waals surface area contributed by atoms with E-state index in [0.717, 1.165) is 0 Å². The average Bonchev–Trinajstić information content (AvgIpc) is 2.42. The van der Waals surface area contributed by atoms with Gasteiger partial charge in [0.1, 0.15) is 6.10 Å². The first-order valence-electron chi connectivity index (χ1n) is 5.92. The van der Waals surface area contributed by atoms with Gasteiger partial charge in [0.05, 0.1) is 23.3 Å². The second-order valence-corrected chi connectivity index (χ2v) is 5.22. The lowest BCUT2D eigenvalue weighted by atomic mass is 10.0. The van der Waals surface area contributed by atoms with Crippen LogP contribution in [0.4, 0.5) is 0 Å². The van der Waals surface area contributed by atoms with Crippen molar-refractivity contribution in [2.24, 2.45) is 7.05 Å². The van der Waals surface area contributed by atoms with Crippen LogP contribution in [0.25, 0.3) is 10.9 Å². The Labute approximate surface area is 118 Å². The Hall–Kier alpha value is -1.24. The zero-order valence-corrected chi connectivity index (χ0v) is 12.0. The molecule has 0 fully saturated rings. The van der Waals surface area contributed by atoms with Gasteiger partial charge in [0.25, 0.3) is 5.56 Å². The molecule has 5 nitrogen and oxygen atoms in total. The maximum atomic E-state index is 12.0. The number of aliphatic hydroxyl groups excluding tert-OH is 2. The Morgan fingerprint density at radius 3 is 2.84 bits per heavy atom. The van der Waals surface area contributed by atoms with Gasteiger partial charge < -0.3 is 14.8 Å². The van der Waals surface area contributed by atoms with Crippen molar-refractivity contribution in [1.29, 1.82) is 0 Å². The topological polar surface area (TPSA) is 75.3 Å². The minimum Gasteiger partial charge on any atom is -0.390 e. The number of alkyl halides is 1. The fraction of sp³-hybridized carbons (Fsp3) is 0.385. The second-order valence-electron chi connectivity index (χ2n) is 4.43. The van der Waals surface area contributed by atoms with Gasteiger partial charge in [0, 0.05) is 12.4 Å². The standard InChI is InChI=1S/C13H15BrN2O3/c1-16-7-15-10-3-2-8(6-9(10)13(16)19)12(18)11(17)4-5-14/h2-3,6-7,11-12,17-18H,4-5H2,1H3. The van der Waals surface area contributed by atoms with E-state index in [-0.39, 0.29) is 5.56 Å². The number of nitrogens with zero attached hydrogens (tertiary/aromatic N) is 2. The maximum Gasteiger partial charge on any atom is 0.260 e. The molecule has 1 heterocycles. The largest absolute Gasteiger partial charge is 0.390 e. The van der Waals surface area contributed by atoms with Gasteiger partial charge in [-0.3, -0.25) is 4.79 Å². The molecule has 0 saturated carbocycles. The molecule has 0 spiro atoms. The molecule has 6 heteroatoms. The number of fused-ring (bicyclic) bond motifs is 1. The third kappa shape index (κ3) is 2.86. The van der Waals surface area contributed by atoms with Crippen molar-refractivity contribution in [2.75, 3.05) is 5.33 Å². The van der Waals surface area contributed by atoms with Crippen molar-refractivity contribution in [1.82, 2.24) is 9.55 Å². The molecule has 2 rings (SSSR count). The summed E-state index contributed by atoms with van der Waals surface area (Å²) >= 11 is 3.22. The second kappa shape index (κ2) is 5.81. The van der Waals surface area contributed by atoms with Crippen LogP contribution in [-0.2, 0) is 7.05 Å². The molecule has 2 unspecified atom stereocenters. The first-order chi connectivity index (χ1) is 9.04. The number of aromatic nitrogens is 2. The first-order valence-corrected chi connectivity index (χ1v) is 7.04. The Morgan fingerprint density at radius 2 is 2.16 bits per heavy atom. The van der Waals surface area contributed by atoms with Gasteiger partial charge in [0.15, 0.2) is 0 Å². The Bertz CT molecular complexity index is 641. The summed E-state index contributed by atoms with van der Waals surface area (Å²) in [5, 5.41) is 20.9. The van der Waals surface area contributed by atoms with Crippen molar-refractivity contribution in [3.63, 3.8) is 0 Å². The molecule has 2 aromatic rings. The number of aryl methyl sites for hydroxylation is 1. The van der Waals surface area contributed by atoms with Crippen LogP contribution in [-0.4, -0.2) is 31.2 Å². The van der Waals surface area contributed by atoms with Gasteiger partial charge in [-0.15, -0.1) is 0 Å². The van der Waals surface area contributed by atoms with Gasteiger partial charge in [-0.25, -0.2) is 4.98 Å². The summed E-state index contributed by atoms with van der Waals surface area (Å²) in [6.07, 6.45) is 0.0225. The summed E-state index contributed by atoms with van der Waals surface area (Å²) in [6.45, 7) is 0. The normalized spacial score (nSPS) is 14.5. The minimum absolute atomic E-state index is 0.172. The molecule has 0 amide bonds. The molecule has 0 aliphatic heterocycles. The molecular weight excluding hydrogens is 312 g/mol. The molecule has 0 radical (unpaired) electrons. The molecular formula is C13H15BrN2O3. The van der Waals surface area contributed by atoms with E-state index in [9.17, 15) is 15.0 Å². The van der Waals surface area contributed by atoms with Gasteiger partial charge in [-0.2, -0.15) is 0 Å². The molecule has 0 aliphatic carbocycles. The van der Waals surface area contributed by atoms with E-state index in [0.29, 0.717) is 28.2 Å². The highest BCUT2D eigenvalue weighted by molar-refractivity contribution is 9.09. The summed E-state index contributed by atoms with van der Waals surface area (Å²) in [6, 6.07) is 4.94. The fourth-order valence-electron chi connectivity index (χ4n) is 1.90. The molecule has 19 heavy (non-hydrogen) atoms. The quantitative estimate of drug-likeness (QED) is 0.825. The maximum absolute atomic E-state index is 12.0. The van der Waals surface area contributed by atoms with E-state index in [1.165, 1.54) is 10.9 Å². The smallest absolute Gasteiger partial charge is 0.260 e. The van der Waals surface area contributed by atoms with Gasteiger partial charge >= 0.3 is 0 Å². The highest BCUT2D eigenvalue weighted by Gasteiger charge is 2.18. The number of benzene rings is 1. The molecule has 0 aliphatic rings. The van der Waals surface area contributed by atoms with E-state index in [4.69, 9.17) is 0 Å². The number of hydrogen-bond donors (Lipinski definition) is 2. The summed E-state index contributed by atoms with van der Waals surface area (Å²) in [5.41, 5.74) is 0.925. The number of halogens is 1. The van der Waals surface area contributed by atoms with E-state index in [1.54, 1.807) is 25.2 Å². The molecule has 0 bridgehead atoms. The third-order valence-corrected chi connectivity index (χ3v) is 3.51. The summed E-state index contributed by atoms with van der Waals surface area (Å²) < 4.78 is 1.38. The molecule has 2 atom stereocenters. The zero-order valence-electron chi connectivity index (χ0n) is 10.5. The Balaban J connectivity index is 2.46. The minimum atomic E-state index is -1.01. The predicted molar refractivity (Wildman–Crippen MR) is 76.4 cm³/mol. The highest BCUT2D eigenvalue weighted by Crippen LogP contribution is 2.21. The Kier molecular flexibility index (Phi) is 4.34. The van der Waals surface area contributed by atoms with Crippen molar-refractivity contribution < 1.29 is 10.2 Å². The molecule has 1 aromatic heterocycles. The fourth-order valence-corrected chi connectivity index (χ4v) is 2.37. The first kappa shape index (κ1) is 14.2. The van der Waals surface area contributed by atoms with Crippen LogP contribution >= 0.6 is 15.9 Å². The van der Waals surface area contributed by atoms with Crippen LogP contribution in [0.3, 0.4) is 0 Å². The van der Waals surface area contributed by atoms with E-state index in [2.05, 4.69) is 20.9 Å². The lowest BCUT2D eigenvalue weighted by molar-refractivity contribution is 0.0174. The van der Waals surface area contributed by atoms with Crippen molar-refractivity contribution >= 4 is 26.8 Å². The van der Waals surface area contributed by atoms with Crippen LogP contribution in [0.2, 0.25) is 0 Å². The van der Waals surface area contributed by atoms with E-state index in [1.807, 2.05) is 0 Å². The van der Waals surface area contributed by atoms with Crippen molar-refractivity contribution in [2.45, 2.75) is 18.6 Å². The van der Waals surface area contributed by atoms with E-state index >= 15 is 0 Å². The lowest BCUT2D eigenvalue weighted by Gasteiger charge is -2.17. The summed E-state index contributed by atoms with van der Waals surface area (Å²) in [4.78, 5) is 16.1. The highest BCUT2D eigenvalue weighted by atomic mass is 79.9. The average molecular weight is 327 g/mol. The number of aliphatic hydroxyl groups is 2. The third-order valence-electron chi connectivity index (χ3n) is 3.05. The predicted octanol–water partition coefficient (Wildman–Crippen LogP) is 1.11. The molecule has 102 valence electrons. The van der Waals surface area contributed by atoms with Crippen molar-refractivity contribution in [3.05, 3.63) is 40.4 Å². The van der Waals surface area contributed by atoms with E-state index < -0.39 is 12.2 Å². The molecule has 1 aromatic carbocycles. The molecule has 2 N–H and O–H groups in total. The Morgan fingerprint density at radius 1 is 1.42 bits per heavy atom. The zero-order chi connectivity index (χ0) is 14.0. The van der Waals surface area contributed by atoms with Crippen LogP contribution in [0.5, 0.6) is 0 Å².